The van der Waals surface area contributed by atoms with Crippen LogP contribution in [-0.4, -0.2) is 45.5 Å². The summed E-state index contributed by atoms with van der Waals surface area (Å²) >= 11 is 12.3. The van der Waals surface area contributed by atoms with E-state index in [4.69, 9.17) is 23.2 Å². The zero-order chi connectivity index (χ0) is 19.0. The maximum absolute atomic E-state index is 12.7. The molecule has 4 rings (SSSR count). The van der Waals surface area contributed by atoms with Crippen LogP contribution in [0.1, 0.15) is 34.9 Å². The maximum Gasteiger partial charge on any atom is 0.258 e. The molecule has 0 radical (unpaired) electrons. The Morgan fingerprint density at radius 2 is 1.96 bits per heavy atom. The van der Waals surface area contributed by atoms with Crippen molar-refractivity contribution in [3.63, 3.8) is 0 Å². The second-order valence-corrected chi connectivity index (χ2v) is 7.64. The van der Waals surface area contributed by atoms with Crippen molar-refractivity contribution in [3.8, 4) is 0 Å². The lowest BCUT2D eigenvalue weighted by atomic mass is 9.98. The van der Waals surface area contributed by atoms with Gasteiger partial charge in [-0.3, -0.25) is 9.20 Å². The summed E-state index contributed by atoms with van der Waals surface area (Å²) in [7, 11) is 2.12. The van der Waals surface area contributed by atoms with Gasteiger partial charge in [-0.25, -0.2) is 0 Å². The number of amides is 1. The van der Waals surface area contributed by atoms with Crippen LogP contribution in [0.4, 0.5) is 5.69 Å². The molecule has 8 heteroatoms. The third-order valence-corrected chi connectivity index (χ3v) is 5.52. The van der Waals surface area contributed by atoms with E-state index < -0.39 is 0 Å². The topological polar surface area (TPSA) is 62.5 Å². The SMILES string of the molecule is CN1CCCC(c2nnc3c(NC(=O)c4c(Cl)cccc4Cl)cccn23)C1. The van der Waals surface area contributed by atoms with Crippen molar-refractivity contribution in [2.45, 2.75) is 18.8 Å². The Hall–Kier alpha value is -2.15. The van der Waals surface area contributed by atoms with Crippen LogP contribution >= 0.6 is 23.2 Å². The lowest BCUT2D eigenvalue weighted by molar-refractivity contribution is 0.102. The van der Waals surface area contributed by atoms with Crippen molar-refractivity contribution in [3.05, 3.63) is 58.0 Å². The highest BCUT2D eigenvalue weighted by atomic mass is 35.5. The van der Waals surface area contributed by atoms with Crippen LogP contribution in [0.3, 0.4) is 0 Å². The van der Waals surface area contributed by atoms with Crippen LogP contribution in [0.25, 0.3) is 5.65 Å². The summed E-state index contributed by atoms with van der Waals surface area (Å²) in [5, 5.41) is 12.2. The summed E-state index contributed by atoms with van der Waals surface area (Å²) in [6, 6.07) is 8.64. The van der Waals surface area contributed by atoms with Gasteiger partial charge < -0.3 is 10.2 Å². The lowest BCUT2D eigenvalue weighted by Gasteiger charge is -2.28. The Kier molecular flexibility index (Phi) is 5.04. The first-order chi connectivity index (χ1) is 13.0. The van der Waals surface area contributed by atoms with Crippen LogP contribution in [0.5, 0.6) is 0 Å². The van der Waals surface area contributed by atoms with Crippen molar-refractivity contribution in [1.29, 1.82) is 0 Å². The predicted octanol–water partition coefficient (Wildman–Crippen LogP) is 4.10. The monoisotopic (exact) mass is 403 g/mol. The number of hydrogen-bond donors (Lipinski definition) is 1. The minimum atomic E-state index is -0.374. The molecule has 0 saturated carbocycles. The summed E-state index contributed by atoms with van der Waals surface area (Å²) in [5.74, 6) is 0.867. The van der Waals surface area contributed by atoms with Gasteiger partial charge in [-0.1, -0.05) is 29.3 Å². The summed E-state index contributed by atoms with van der Waals surface area (Å²) < 4.78 is 1.95. The van der Waals surface area contributed by atoms with Gasteiger partial charge in [0, 0.05) is 18.7 Å². The maximum atomic E-state index is 12.7. The van der Waals surface area contributed by atoms with Gasteiger partial charge in [0.15, 0.2) is 5.65 Å². The van der Waals surface area contributed by atoms with E-state index in [0.29, 0.717) is 27.3 Å². The van der Waals surface area contributed by atoms with Gasteiger partial charge in [0.2, 0.25) is 0 Å². The number of carbonyl (C=O) groups is 1. The van der Waals surface area contributed by atoms with Gasteiger partial charge in [-0.2, -0.15) is 0 Å². The molecule has 0 spiro atoms. The summed E-state index contributed by atoms with van der Waals surface area (Å²) in [5.41, 5.74) is 1.43. The molecule has 1 fully saturated rings. The fourth-order valence-electron chi connectivity index (χ4n) is 3.59. The quantitative estimate of drug-likeness (QED) is 0.714. The standard InChI is InChI=1S/C19H19Cl2N5O/c1-25-9-3-5-12(11-25)17-23-24-18-15(8-4-10-26(17)18)22-19(27)16-13(20)6-2-7-14(16)21/h2,4,6-8,10,12H,3,5,9,11H2,1H3,(H,22,27). The molecule has 1 aliphatic heterocycles. The number of nitrogens with one attached hydrogen (secondary N) is 1. The smallest absolute Gasteiger partial charge is 0.258 e. The molecular weight excluding hydrogens is 385 g/mol. The van der Waals surface area contributed by atoms with Gasteiger partial charge in [0.1, 0.15) is 5.82 Å². The molecule has 3 heterocycles. The number of likely N-dealkylation sites (tertiary alicyclic amines) is 1. The second-order valence-electron chi connectivity index (χ2n) is 6.83. The largest absolute Gasteiger partial charge is 0.319 e. The van der Waals surface area contributed by atoms with E-state index in [2.05, 4.69) is 27.5 Å². The predicted molar refractivity (Wildman–Crippen MR) is 107 cm³/mol. The molecule has 27 heavy (non-hydrogen) atoms. The molecule has 1 N–H and O–H groups in total. The van der Waals surface area contributed by atoms with Gasteiger partial charge in [-0.05, 0) is 50.7 Å². The molecule has 0 bridgehead atoms. The minimum absolute atomic E-state index is 0.247. The molecule has 0 aliphatic carbocycles. The lowest BCUT2D eigenvalue weighted by Crippen LogP contribution is -2.31. The van der Waals surface area contributed by atoms with E-state index in [9.17, 15) is 4.79 Å². The highest BCUT2D eigenvalue weighted by Crippen LogP contribution is 2.28. The van der Waals surface area contributed by atoms with Crippen molar-refractivity contribution >= 4 is 40.4 Å². The average Bonchev–Trinajstić information content (AvgIpc) is 3.07. The number of nitrogens with zero attached hydrogens (tertiary/aromatic N) is 4. The molecule has 140 valence electrons. The highest BCUT2D eigenvalue weighted by Gasteiger charge is 2.24. The zero-order valence-electron chi connectivity index (χ0n) is 14.8. The molecule has 1 aliphatic rings. The normalized spacial score (nSPS) is 18.0. The van der Waals surface area contributed by atoms with E-state index >= 15 is 0 Å². The van der Waals surface area contributed by atoms with Gasteiger partial charge in [0.05, 0.1) is 21.3 Å². The number of fused-ring (bicyclic) bond motifs is 1. The first-order valence-electron chi connectivity index (χ1n) is 8.82. The van der Waals surface area contributed by atoms with E-state index in [0.717, 1.165) is 31.8 Å². The van der Waals surface area contributed by atoms with Gasteiger partial charge in [-0.15, -0.1) is 10.2 Å². The number of anilines is 1. The summed E-state index contributed by atoms with van der Waals surface area (Å²) in [6.45, 7) is 2.06. The summed E-state index contributed by atoms with van der Waals surface area (Å²) in [6.07, 6.45) is 4.14. The Morgan fingerprint density at radius 3 is 2.70 bits per heavy atom. The number of halogens is 2. The highest BCUT2D eigenvalue weighted by molar-refractivity contribution is 6.40. The van der Waals surface area contributed by atoms with E-state index in [1.165, 1.54) is 0 Å². The Morgan fingerprint density at radius 1 is 1.19 bits per heavy atom. The van der Waals surface area contributed by atoms with E-state index in [-0.39, 0.29) is 11.5 Å². The Labute approximate surface area is 167 Å². The van der Waals surface area contributed by atoms with Crippen LogP contribution in [0, 0.1) is 0 Å². The fraction of sp³-hybridized carbons (Fsp3) is 0.316. The molecule has 6 nitrogen and oxygen atoms in total. The summed E-state index contributed by atoms with van der Waals surface area (Å²) in [4.78, 5) is 15.0. The molecule has 1 aromatic carbocycles. The Bertz CT molecular complexity index is 983. The van der Waals surface area contributed by atoms with Crippen LogP contribution in [0.15, 0.2) is 36.5 Å². The van der Waals surface area contributed by atoms with Crippen LogP contribution in [-0.2, 0) is 0 Å². The Balaban J connectivity index is 1.66. The number of benzene rings is 1. The van der Waals surface area contributed by atoms with Crippen LogP contribution in [0.2, 0.25) is 10.0 Å². The number of likely N-dealkylation sites (N-methyl/N-ethyl adjacent to an activating group) is 1. The molecule has 1 unspecified atom stereocenters. The van der Waals surface area contributed by atoms with Crippen molar-refractivity contribution < 1.29 is 4.79 Å². The number of hydrogen-bond acceptors (Lipinski definition) is 4. The molecule has 1 atom stereocenters. The molecule has 3 aromatic rings. The molecule has 2 aromatic heterocycles. The second kappa shape index (κ2) is 7.46. The number of piperidine rings is 1. The molecule has 1 saturated heterocycles. The molecule has 1 amide bonds. The first kappa shape index (κ1) is 18.2. The van der Waals surface area contributed by atoms with E-state index in [1.54, 1.807) is 24.3 Å². The minimum Gasteiger partial charge on any atom is -0.319 e. The number of pyridine rings is 1. The van der Waals surface area contributed by atoms with Crippen LogP contribution < -0.4 is 5.32 Å². The molecular formula is C19H19Cl2N5O. The third-order valence-electron chi connectivity index (χ3n) is 4.89. The number of carbonyl (C=O) groups excluding carboxylic acids is 1. The number of rotatable bonds is 3. The first-order valence-corrected chi connectivity index (χ1v) is 9.57. The van der Waals surface area contributed by atoms with Gasteiger partial charge in [0.25, 0.3) is 5.91 Å². The van der Waals surface area contributed by atoms with Crippen molar-refractivity contribution in [2.24, 2.45) is 0 Å². The van der Waals surface area contributed by atoms with Gasteiger partial charge >= 0.3 is 0 Å². The number of aromatic nitrogens is 3. The zero-order valence-corrected chi connectivity index (χ0v) is 16.3. The fourth-order valence-corrected chi connectivity index (χ4v) is 4.16. The van der Waals surface area contributed by atoms with Crippen molar-refractivity contribution in [1.82, 2.24) is 19.5 Å². The van der Waals surface area contributed by atoms with Crippen molar-refractivity contribution in [2.75, 3.05) is 25.5 Å². The van der Waals surface area contributed by atoms with E-state index in [1.807, 2.05) is 16.7 Å². The third kappa shape index (κ3) is 3.52. The average molecular weight is 404 g/mol.